The van der Waals surface area contributed by atoms with E-state index in [1.807, 2.05) is 0 Å². The van der Waals surface area contributed by atoms with Crippen LogP contribution in [0.2, 0.25) is 0 Å². The van der Waals surface area contributed by atoms with Crippen LogP contribution in [0.15, 0.2) is 61.2 Å². The highest BCUT2D eigenvalue weighted by Crippen LogP contribution is 2.36. The molecule has 6 nitrogen and oxygen atoms in total. The maximum absolute atomic E-state index is 15.1. The molecule has 9 heteroatoms. The summed E-state index contributed by atoms with van der Waals surface area (Å²) >= 11 is 0. The van der Waals surface area contributed by atoms with Crippen LogP contribution in [0.3, 0.4) is 0 Å². The first-order valence-electron chi connectivity index (χ1n) is 11.7. The second-order valence-electron chi connectivity index (χ2n) is 8.53. The molecular weight excluding hydrogens is 503 g/mol. The van der Waals surface area contributed by atoms with Crippen LogP contribution in [0.4, 0.5) is 19.1 Å². The van der Waals surface area contributed by atoms with E-state index in [9.17, 15) is 13.6 Å². The number of nitrogens with two attached hydrogens (primary N) is 1. The number of carbonyl (C=O) groups is 1. The summed E-state index contributed by atoms with van der Waals surface area (Å²) in [7, 11) is 0. The lowest BCUT2D eigenvalue weighted by Gasteiger charge is -2.27. The maximum atomic E-state index is 15.1. The third-order valence-electron chi connectivity index (χ3n) is 5.98. The zero-order chi connectivity index (χ0) is 27.4. The Labute approximate surface area is 222 Å². The molecule has 0 spiro atoms. The van der Waals surface area contributed by atoms with Crippen molar-refractivity contribution in [1.82, 2.24) is 19.9 Å². The predicted octanol–water partition coefficient (Wildman–Crippen LogP) is 4.35. The van der Waals surface area contributed by atoms with Crippen molar-refractivity contribution in [2.75, 3.05) is 5.73 Å². The highest BCUT2D eigenvalue weighted by molar-refractivity contribution is 5.99. The molecule has 1 aliphatic rings. The molecule has 0 fully saturated rings. The van der Waals surface area contributed by atoms with E-state index in [0.717, 1.165) is 23.8 Å². The summed E-state index contributed by atoms with van der Waals surface area (Å²) in [5, 5.41) is 0. The third-order valence-corrected chi connectivity index (χ3v) is 5.98. The van der Waals surface area contributed by atoms with E-state index in [0.29, 0.717) is 5.56 Å². The van der Waals surface area contributed by atoms with Crippen molar-refractivity contribution in [2.45, 2.75) is 19.0 Å². The number of benzene rings is 2. The maximum Gasteiger partial charge on any atom is 0.255 e. The minimum atomic E-state index is -0.983. The van der Waals surface area contributed by atoms with E-state index in [1.165, 1.54) is 29.4 Å². The SMILES string of the molecule is Nc1ncc(C#Cc2cc(F)c3c(c2)C(=O)N(C(CC#CC#Cc2cc[nH]c2)c2cc(F)ccc2F)C3)cn1. The van der Waals surface area contributed by atoms with Gasteiger partial charge < -0.3 is 15.6 Å². The number of aromatic nitrogens is 3. The fourth-order valence-corrected chi connectivity index (χ4v) is 4.11. The molecular formula is C30H18F3N5O. The van der Waals surface area contributed by atoms with Gasteiger partial charge in [-0.1, -0.05) is 23.7 Å². The molecule has 1 atom stereocenters. The average Bonchev–Trinajstić information content (AvgIpc) is 3.56. The minimum absolute atomic E-state index is 0.0483. The molecule has 5 rings (SSSR count). The first kappa shape index (κ1) is 25.2. The number of nitrogen functional groups attached to an aromatic ring is 1. The zero-order valence-electron chi connectivity index (χ0n) is 20.2. The summed E-state index contributed by atoms with van der Waals surface area (Å²) in [4.78, 5) is 25.3. The number of rotatable bonds is 3. The molecule has 4 aromatic rings. The molecule has 39 heavy (non-hydrogen) atoms. The summed E-state index contributed by atoms with van der Waals surface area (Å²) in [5.41, 5.74) is 7.09. The summed E-state index contributed by atoms with van der Waals surface area (Å²) in [6.45, 7) is -0.142. The summed E-state index contributed by atoms with van der Waals surface area (Å²) in [6, 6.07) is 6.47. The van der Waals surface area contributed by atoms with Gasteiger partial charge in [0.25, 0.3) is 5.91 Å². The molecule has 0 radical (unpaired) electrons. The lowest BCUT2D eigenvalue weighted by atomic mass is 10.0. The largest absolute Gasteiger partial charge is 0.368 e. The topological polar surface area (TPSA) is 87.9 Å². The summed E-state index contributed by atoms with van der Waals surface area (Å²) < 4.78 is 44.0. The van der Waals surface area contributed by atoms with Gasteiger partial charge in [-0.2, -0.15) is 0 Å². The van der Waals surface area contributed by atoms with Gasteiger partial charge in [0, 0.05) is 59.0 Å². The van der Waals surface area contributed by atoms with Crippen LogP contribution in [0.1, 0.15) is 50.6 Å². The molecule has 0 saturated carbocycles. The first-order chi connectivity index (χ1) is 18.9. The van der Waals surface area contributed by atoms with E-state index in [4.69, 9.17) is 5.73 Å². The predicted molar refractivity (Wildman–Crippen MR) is 138 cm³/mol. The lowest BCUT2D eigenvalue weighted by molar-refractivity contribution is 0.0700. The fourth-order valence-electron chi connectivity index (χ4n) is 4.11. The van der Waals surface area contributed by atoms with Crippen LogP contribution in [-0.4, -0.2) is 25.8 Å². The molecule has 3 heterocycles. The molecule has 3 N–H and O–H groups in total. The van der Waals surface area contributed by atoms with Gasteiger partial charge in [-0.05, 0) is 48.2 Å². The standard InChI is InChI=1S/C30H18F3N5O/c31-22-8-9-26(32)24(14-22)28(5-3-1-2-4-19-10-11-35-15-19)38-18-25-23(29(38)39)12-20(13-27(25)33)6-7-21-16-36-30(34)37-17-21/h8-17,28,35H,5,18H2,(H2,34,36,37). The molecule has 0 bridgehead atoms. The Morgan fingerprint density at radius 1 is 0.949 bits per heavy atom. The van der Waals surface area contributed by atoms with Crippen LogP contribution in [0.25, 0.3) is 0 Å². The van der Waals surface area contributed by atoms with Crippen molar-refractivity contribution in [1.29, 1.82) is 0 Å². The second-order valence-corrected chi connectivity index (χ2v) is 8.53. The number of hydrogen-bond acceptors (Lipinski definition) is 4. The summed E-state index contributed by atoms with van der Waals surface area (Å²) in [5.74, 6) is 14.2. The van der Waals surface area contributed by atoms with Crippen molar-refractivity contribution in [2.24, 2.45) is 0 Å². The van der Waals surface area contributed by atoms with Crippen molar-refractivity contribution < 1.29 is 18.0 Å². The Morgan fingerprint density at radius 3 is 2.51 bits per heavy atom. The number of carbonyl (C=O) groups excluding carboxylic acids is 1. The molecule has 1 unspecified atom stereocenters. The molecule has 2 aromatic heterocycles. The Hall–Kier alpha value is -5.46. The van der Waals surface area contributed by atoms with Crippen molar-refractivity contribution in [3.8, 4) is 35.5 Å². The smallest absolute Gasteiger partial charge is 0.255 e. The van der Waals surface area contributed by atoms with Crippen molar-refractivity contribution in [3.05, 3.63) is 112 Å². The number of nitrogens with one attached hydrogen (secondary N) is 1. The van der Waals surface area contributed by atoms with E-state index >= 15 is 4.39 Å². The molecule has 1 aliphatic heterocycles. The van der Waals surface area contributed by atoms with Gasteiger partial charge in [-0.15, -0.1) is 0 Å². The molecule has 1 amide bonds. The van der Waals surface area contributed by atoms with Crippen LogP contribution >= 0.6 is 0 Å². The highest BCUT2D eigenvalue weighted by Gasteiger charge is 2.36. The number of aromatic amines is 1. The van der Waals surface area contributed by atoms with Gasteiger partial charge in [-0.3, -0.25) is 4.79 Å². The molecule has 0 saturated heterocycles. The molecule has 2 aromatic carbocycles. The Kier molecular flexibility index (Phi) is 7.03. The van der Waals surface area contributed by atoms with E-state index in [2.05, 4.69) is 50.5 Å². The normalized spacial score (nSPS) is 12.4. The fraction of sp³-hybridized carbons (Fsp3) is 0.100. The average molecular weight is 522 g/mol. The van der Waals surface area contributed by atoms with Gasteiger partial charge in [0.05, 0.1) is 18.2 Å². The van der Waals surface area contributed by atoms with Gasteiger partial charge in [0.15, 0.2) is 0 Å². The van der Waals surface area contributed by atoms with Crippen LogP contribution in [-0.2, 0) is 6.54 Å². The first-order valence-corrected chi connectivity index (χ1v) is 11.7. The van der Waals surface area contributed by atoms with Gasteiger partial charge in [0.1, 0.15) is 17.5 Å². The van der Waals surface area contributed by atoms with Gasteiger partial charge in [-0.25, -0.2) is 23.1 Å². The Morgan fingerprint density at radius 2 is 1.74 bits per heavy atom. The summed E-state index contributed by atoms with van der Waals surface area (Å²) in [6.07, 6.45) is 6.23. The van der Waals surface area contributed by atoms with Gasteiger partial charge >= 0.3 is 0 Å². The number of amides is 1. The highest BCUT2D eigenvalue weighted by atomic mass is 19.1. The number of H-pyrrole nitrogens is 1. The lowest BCUT2D eigenvalue weighted by Crippen LogP contribution is -2.29. The number of fused-ring (bicyclic) bond motifs is 1. The van der Waals surface area contributed by atoms with E-state index in [1.54, 1.807) is 18.5 Å². The number of nitrogens with zero attached hydrogens (tertiary/aromatic N) is 3. The van der Waals surface area contributed by atoms with Gasteiger partial charge in [0.2, 0.25) is 5.95 Å². The Bertz CT molecular complexity index is 1750. The van der Waals surface area contributed by atoms with E-state index in [-0.39, 0.29) is 41.2 Å². The quantitative estimate of drug-likeness (QED) is 0.393. The van der Waals surface area contributed by atoms with E-state index < -0.39 is 29.4 Å². The monoisotopic (exact) mass is 521 g/mol. The Balaban J connectivity index is 1.45. The number of hydrogen-bond donors (Lipinski definition) is 2. The number of halogens is 3. The second kappa shape index (κ2) is 10.9. The molecule has 0 aliphatic carbocycles. The van der Waals surface area contributed by atoms with Crippen molar-refractivity contribution >= 4 is 11.9 Å². The molecule has 190 valence electrons. The third kappa shape index (κ3) is 5.61. The number of anilines is 1. The van der Waals surface area contributed by atoms with Crippen LogP contribution in [0, 0.1) is 53.0 Å². The minimum Gasteiger partial charge on any atom is -0.368 e. The zero-order valence-corrected chi connectivity index (χ0v) is 20.2. The van der Waals surface area contributed by atoms with Crippen molar-refractivity contribution in [3.63, 3.8) is 0 Å². The van der Waals surface area contributed by atoms with Crippen LogP contribution in [0.5, 0.6) is 0 Å². The van der Waals surface area contributed by atoms with Crippen LogP contribution < -0.4 is 5.73 Å².